The molecule has 156 valence electrons. The van der Waals surface area contributed by atoms with Gasteiger partial charge in [0.2, 0.25) is 9.70 Å². The smallest absolute Gasteiger partial charge is 0.233 e. The molecule has 3 nitrogen and oxygen atoms in total. The molecule has 0 radical (unpaired) electrons. The van der Waals surface area contributed by atoms with Crippen LogP contribution in [-0.4, -0.2) is 15.9 Å². The van der Waals surface area contributed by atoms with Gasteiger partial charge >= 0.3 is 0 Å². The minimum absolute atomic E-state index is 0.332. The Morgan fingerprint density at radius 1 is 0.800 bits per heavy atom. The van der Waals surface area contributed by atoms with Gasteiger partial charge in [-0.15, -0.1) is 0 Å². The van der Waals surface area contributed by atoms with E-state index in [2.05, 4.69) is 10.6 Å². The lowest BCUT2D eigenvalue weighted by molar-refractivity contribution is -0.122. The van der Waals surface area contributed by atoms with Gasteiger partial charge < -0.3 is 10.6 Å². The van der Waals surface area contributed by atoms with Crippen LogP contribution in [0.1, 0.15) is 17.0 Å². The molecule has 30 heavy (non-hydrogen) atoms. The van der Waals surface area contributed by atoms with E-state index in [0.717, 1.165) is 11.1 Å². The average molecular weight is 503 g/mol. The first-order valence-electron chi connectivity index (χ1n) is 8.94. The Labute approximate surface area is 200 Å². The van der Waals surface area contributed by atoms with Crippen molar-refractivity contribution in [1.82, 2.24) is 5.32 Å². The first-order chi connectivity index (χ1) is 14.3. The molecule has 1 amide bonds. The third-order valence-corrected chi connectivity index (χ3v) is 5.58. The Hall–Kier alpha value is -1.62. The number of rotatable bonds is 6. The van der Waals surface area contributed by atoms with Crippen LogP contribution in [0.15, 0.2) is 78.9 Å². The van der Waals surface area contributed by atoms with E-state index in [1.807, 2.05) is 60.7 Å². The normalized spacial score (nSPS) is 12.5. The highest BCUT2D eigenvalue weighted by molar-refractivity contribution is 6.68. The number of anilines is 1. The second-order valence-electron chi connectivity index (χ2n) is 6.51. The fourth-order valence-corrected chi connectivity index (χ4v) is 3.76. The van der Waals surface area contributed by atoms with Crippen LogP contribution in [-0.2, 0) is 4.79 Å². The van der Waals surface area contributed by atoms with E-state index in [1.165, 1.54) is 0 Å². The van der Waals surface area contributed by atoms with Crippen LogP contribution in [0.2, 0.25) is 10.0 Å². The van der Waals surface area contributed by atoms with E-state index in [-0.39, 0.29) is 5.91 Å². The van der Waals surface area contributed by atoms with Crippen LogP contribution >= 0.6 is 58.0 Å². The van der Waals surface area contributed by atoms with Crippen molar-refractivity contribution in [2.75, 3.05) is 5.32 Å². The molecule has 1 atom stereocenters. The Bertz CT molecular complexity index is 954. The zero-order valence-electron chi connectivity index (χ0n) is 15.5. The molecule has 0 heterocycles. The highest BCUT2D eigenvalue weighted by Gasteiger charge is 2.36. The molecule has 0 saturated heterocycles. The van der Waals surface area contributed by atoms with Gasteiger partial charge in [0, 0.05) is 5.02 Å². The second-order valence-corrected chi connectivity index (χ2v) is 9.72. The van der Waals surface area contributed by atoms with Crippen molar-refractivity contribution in [2.24, 2.45) is 0 Å². The predicted octanol–water partition coefficient (Wildman–Crippen LogP) is 7.05. The highest BCUT2D eigenvalue weighted by atomic mass is 35.6. The first kappa shape index (κ1) is 23.1. The van der Waals surface area contributed by atoms with Crippen molar-refractivity contribution < 1.29 is 4.79 Å². The number of amides is 1. The number of carbonyl (C=O) groups excluding carboxylic acids is 1. The molecule has 0 aliphatic heterocycles. The van der Waals surface area contributed by atoms with E-state index in [1.54, 1.807) is 18.2 Å². The third kappa shape index (κ3) is 5.96. The van der Waals surface area contributed by atoms with Crippen molar-refractivity contribution in [3.63, 3.8) is 0 Å². The van der Waals surface area contributed by atoms with Crippen molar-refractivity contribution in [3.05, 3.63) is 100 Å². The second kappa shape index (κ2) is 10.1. The summed E-state index contributed by atoms with van der Waals surface area (Å²) in [5, 5.41) is 6.59. The van der Waals surface area contributed by atoms with Crippen molar-refractivity contribution >= 4 is 69.6 Å². The maximum Gasteiger partial charge on any atom is 0.233 e. The molecule has 1 unspecified atom stereocenters. The summed E-state index contributed by atoms with van der Waals surface area (Å²) in [5.74, 6) is -0.925. The van der Waals surface area contributed by atoms with Gasteiger partial charge in [-0.05, 0) is 29.3 Å². The number of halogens is 5. The molecular formula is C22H17Cl5N2O. The van der Waals surface area contributed by atoms with Crippen LogP contribution in [0, 0.1) is 0 Å². The summed E-state index contributed by atoms with van der Waals surface area (Å²) in [6, 6.07) is 23.6. The van der Waals surface area contributed by atoms with E-state index < -0.39 is 15.9 Å². The van der Waals surface area contributed by atoms with Crippen LogP contribution in [0.5, 0.6) is 0 Å². The topological polar surface area (TPSA) is 41.1 Å². The van der Waals surface area contributed by atoms with E-state index >= 15 is 0 Å². The van der Waals surface area contributed by atoms with Crippen LogP contribution in [0.3, 0.4) is 0 Å². The summed E-state index contributed by atoms with van der Waals surface area (Å²) in [7, 11) is 0. The van der Waals surface area contributed by atoms with E-state index in [0.29, 0.717) is 15.7 Å². The quantitative estimate of drug-likeness (QED) is 0.280. The minimum Gasteiger partial charge on any atom is -0.361 e. The summed E-state index contributed by atoms with van der Waals surface area (Å²) < 4.78 is -1.85. The number of benzene rings is 3. The maximum atomic E-state index is 13.3. The van der Waals surface area contributed by atoms with Gasteiger partial charge in [-0.25, -0.2) is 0 Å². The maximum absolute atomic E-state index is 13.3. The number of hydrogen-bond donors (Lipinski definition) is 2. The van der Waals surface area contributed by atoms with E-state index in [9.17, 15) is 4.79 Å². The number of hydrogen-bond acceptors (Lipinski definition) is 2. The van der Waals surface area contributed by atoms with Gasteiger partial charge in [-0.3, -0.25) is 4.79 Å². The van der Waals surface area contributed by atoms with Crippen LogP contribution < -0.4 is 10.6 Å². The van der Waals surface area contributed by atoms with Crippen LogP contribution in [0.4, 0.5) is 5.69 Å². The molecule has 0 bridgehead atoms. The number of nitrogens with one attached hydrogen (secondary N) is 2. The van der Waals surface area contributed by atoms with Gasteiger partial charge in [-0.2, -0.15) is 0 Å². The van der Waals surface area contributed by atoms with Crippen LogP contribution in [0.25, 0.3) is 0 Å². The minimum atomic E-state index is -1.85. The lowest BCUT2D eigenvalue weighted by atomic mass is 9.90. The van der Waals surface area contributed by atoms with Crippen molar-refractivity contribution in [1.29, 1.82) is 0 Å². The lowest BCUT2D eigenvalue weighted by Crippen LogP contribution is -2.50. The molecule has 0 spiro atoms. The molecule has 3 rings (SSSR count). The zero-order valence-corrected chi connectivity index (χ0v) is 19.2. The summed E-state index contributed by atoms with van der Waals surface area (Å²) in [5.41, 5.74) is 2.09. The Morgan fingerprint density at radius 2 is 1.33 bits per heavy atom. The molecule has 8 heteroatoms. The van der Waals surface area contributed by atoms with E-state index in [4.69, 9.17) is 58.0 Å². The monoisotopic (exact) mass is 500 g/mol. The molecule has 0 aliphatic rings. The Balaban J connectivity index is 1.91. The third-order valence-electron chi connectivity index (χ3n) is 4.37. The highest BCUT2D eigenvalue weighted by Crippen LogP contribution is 2.34. The van der Waals surface area contributed by atoms with Gasteiger partial charge in [0.05, 0.1) is 16.6 Å². The average Bonchev–Trinajstić information content (AvgIpc) is 2.70. The Morgan fingerprint density at radius 3 is 1.80 bits per heavy atom. The lowest BCUT2D eigenvalue weighted by Gasteiger charge is -2.30. The Kier molecular flexibility index (Phi) is 7.78. The van der Waals surface area contributed by atoms with Gasteiger partial charge in [-0.1, -0.05) is 119 Å². The van der Waals surface area contributed by atoms with Crippen molar-refractivity contribution in [2.45, 2.75) is 15.9 Å². The summed E-state index contributed by atoms with van der Waals surface area (Å²) >= 11 is 30.6. The molecule has 0 saturated carbocycles. The molecule has 3 aromatic rings. The van der Waals surface area contributed by atoms with Gasteiger partial charge in [0.15, 0.2) is 0 Å². The molecule has 0 aliphatic carbocycles. The fraction of sp³-hybridized carbons (Fsp3) is 0.136. The summed E-state index contributed by atoms with van der Waals surface area (Å²) in [6.45, 7) is 0. The molecule has 0 aromatic heterocycles. The SMILES string of the molecule is O=C(NC(Nc1ccc(Cl)cc1Cl)C(Cl)(Cl)Cl)C(c1ccccc1)c1ccccc1. The standard InChI is InChI=1S/C22H17Cl5N2O/c23-16-11-12-18(17(24)13-16)28-21(22(25,26)27)29-20(30)19(14-7-3-1-4-8-14)15-9-5-2-6-10-15/h1-13,19,21,28H,(H,29,30). The zero-order chi connectivity index (χ0) is 21.7. The molecular weight excluding hydrogens is 486 g/mol. The fourth-order valence-electron chi connectivity index (χ4n) is 2.97. The molecule has 0 fully saturated rings. The summed E-state index contributed by atoms with van der Waals surface area (Å²) in [6.07, 6.45) is -1.05. The number of alkyl halides is 3. The van der Waals surface area contributed by atoms with Gasteiger partial charge in [0.25, 0.3) is 0 Å². The molecule has 2 N–H and O–H groups in total. The first-order valence-corrected chi connectivity index (χ1v) is 10.8. The summed E-state index contributed by atoms with van der Waals surface area (Å²) in [4.78, 5) is 13.3. The van der Waals surface area contributed by atoms with Crippen molar-refractivity contribution in [3.8, 4) is 0 Å². The largest absolute Gasteiger partial charge is 0.361 e. The predicted molar refractivity (Wildman–Crippen MR) is 127 cm³/mol. The van der Waals surface area contributed by atoms with Gasteiger partial charge in [0.1, 0.15) is 6.17 Å². The number of carbonyl (C=O) groups is 1. The molecule has 3 aromatic carbocycles.